The maximum absolute atomic E-state index is 12.0. The second kappa shape index (κ2) is 8.75. The number of hydrogen-bond donors (Lipinski definition) is 2. The molecule has 1 atom stereocenters. The highest BCUT2D eigenvalue weighted by molar-refractivity contribution is 5.78. The number of nitrogens with two attached hydrogens (primary N) is 1. The number of rotatable bonds is 8. The fraction of sp³-hybridized carbons (Fsp3) is 0.588. The van der Waals surface area contributed by atoms with Crippen LogP contribution < -0.4 is 11.1 Å². The molecule has 0 aromatic heterocycles. The number of benzene rings is 1. The standard InChI is InChI=1S/C17H28N2O/c1-4-5-15(8-9-18)12-19-17(20)11-16-7-6-13(2)14(3)10-16/h6-7,10,15H,4-5,8-9,11-12,18H2,1-3H3,(H,19,20). The lowest BCUT2D eigenvalue weighted by Crippen LogP contribution is -2.31. The minimum absolute atomic E-state index is 0.103. The maximum Gasteiger partial charge on any atom is 0.224 e. The summed E-state index contributed by atoms with van der Waals surface area (Å²) in [4.78, 5) is 12.0. The van der Waals surface area contributed by atoms with Gasteiger partial charge in [-0.05, 0) is 55.8 Å². The third-order valence-corrected chi connectivity index (χ3v) is 3.80. The van der Waals surface area contributed by atoms with Crippen LogP contribution in [0.5, 0.6) is 0 Å². The molecule has 0 spiro atoms. The van der Waals surface area contributed by atoms with Crippen molar-refractivity contribution in [1.29, 1.82) is 0 Å². The Balaban J connectivity index is 2.44. The Kier molecular flexibility index (Phi) is 7.31. The van der Waals surface area contributed by atoms with Crippen LogP contribution in [0.25, 0.3) is 0 Å². The molecule has 1 aromatic rings. The van der Waals surface area contributed by atoms with Crippen LogP contribution in [0.15, 0.2) is 18.2 Å². The van der Waals surface area contributed by atoms with E-state index in [4.69, 9.17) is 5.73 Å². The molecule has 1 unspecified atom stereocenters. The average molecular weight is 276 g/mol. The van der Waals surface area contributed by atoms with Crippen molar-refractivity contribution in [3.8, 4) is 0 Å². The van der Waals surface area contributed by atoms with Gasteiger partial charge in [0, 0.05) is 6.54 Å². The molecular formula is C17H28N2O. The Bertz CT molecular complexity index is 423. The maximum atomic E-state index is 12.0. The van der Waals surface area contributed by atoms with Gasteiger partial charge in [0.05, 0.1) is 6.42 Å². The summed E-state index contributed by atoms with van der Waals surface area (Å²) in [6.07, 6.45) is 3.71. The largest absolute Gasteiger partial charge is 0.356 e. The van der Waals surface area contributed by atoms with Gasteiger partial charge in [0.1, 0.15) is 0 Å². The van der Waals surface area contributed by atoms with Crippen molar-refractivity contribution in [2.24, 2.45) is 11.7 Å². The first-order chi connectivity index (χ1) is 9.56. The van der Waals surface area contributed by atoms with Crippen LogP contribution in [0.3, 0.4) is 0 Å². The Morgan fingerprint density at radius 2 is 2.00 bits per heavy atom. The van der Waals surface area contributed by atoms with Gasteiger partial charge in [0.2, 0.25) is 5.91 Å². The highest BCUT2D eigenvalue weighted by atomic mass is 16.1. The van der Waals surface area contributed by atoms with E-state index in [-0.39, 0.29) is 5.91 Å². The number of amides is 1. The van der Waals surface area contributed by atoms with Crippen LogP contribution in [-0.2, 0) is 11.2 Å². The minimum atomic E-state index is 0.103. The highest BCUT2D eigenvalue weighted by Gasteiger charge is 2.09. The summed E-state index contributed by atoms with van der Waals surface area (Å²) < 4.78 is 0. The molecule has 3 heteroatoms. The molecule has 0 saturated heterocycles. The number of aryl methyl sites for hydroxylation is 2. The second-order valence-corrected chi connectivity index (χ2v) is 5.63. The molecule has 0 aliphatic heterocycles. The molecule has 0 aliphatic carbocycles. The van der Waals surface area contributed by atoms with Gasteiger partial charge in [-0.25, -0.2) is 0 Å². The van der Waals surface area contributed by atoms with E-state index in [1.807, 2.05) is 6.07 Å². The van der Waals surface area contributed by atoms with Gasteiger partial charge in [-0.1, -0.05) is 31.5 Å². The fourth-order valence-corrected chi connectivity index (χ4v) is 2.41. The Morgan fingerprint density at radius 1 is 1.25 bits per heavy atom. The van der Waals surface area contributed by atoms with Crippen LogP contribution in [0.2, 0.25) is 0 Å². The monoisotopic (exact) mass is 276 g/mol. The summed E-state index contributed by atoms with van der Waals surface area (Å²) in [5.74, 6) is 0.611. The first-order valence-electron chi connectivity index (χ1n) is 7.59. The lowest BCUT2D eigenvalue weighted by atomic mass is 9.99. The molecule has 0 bridgehead atoms. The molecule has 1 rings (SSSR count). The smallest absolute Gasteiger partial charge is 0.224 e. The summed E-state index contributed by atoms with van der Waals surface area (Å²) in [5, 5.41) is 3.04. The Hall–Kier alpha value is -1.35. The van der Waals surface area contributed by atoms with Crippen LogP contribution in [0.4, 0.5) is 0 Å². The molecule has 1 amide bonds. The van der Waals surface area contributed by atoms with E-state index >= 15 is 0 Å². The normalized spacial score (nSPS) is 12.2. The summed E-state index contributed by atoms with van der Waals surface area (Å²) in [6, 6.07) is 6.20. The molecule has 112 valence electrons. The molecule has 3 nitrogen and oxygen atoms in total. The van der Waals surface area contributed by atoms with E-state index in [1.165, 1.54) is 11.1 Å². The van der Waals surface area contributed by atoms with Gasteiger partial charge in [-0.2, -0.15) is 0 Å². The molecule has 20 heavy (non-hydrogen) atoms. The molecule has 0 aliphatic rings. The van der Waals surface area contributed by atoms with Crippen molar-refractivity contribution < 1.29 is 4.79 Å². The number of carbonyl (C=O) groups is 1. The van der Waals surface area contributed by atoms with Gasteiger partial charge in [0.25, 0.3) is 0 Å². The summed E-state index contributed by atoms with van der Waals surface area (Å²) in [6.45, 7) is 7.77. The van der Waals surface area contributed by atoms with Gasteiger partial charge in [-0.15, -0.1) is 0 Å². The SMILES string of the molecule is CCCC(CCN)CNC(=O)Cc1ccc(C)c(C)c1. The van der Waals surface area contributed by atoms with Gasteiger partial charge in [-0.3, -0.25) is 4.79 Å². The molecule has 3 N–H and O–H groups in total. The molecule has 1 aromatic carbocycles. The van der Waals surface area contributed by atoms with Crippen molar-refractivity contribution in [1.82, 2.24) is 5.32 Å². The van der Waals surface area contributed by atoms with E-state index in [1.54, 1.807) is 0 Å². The highest BCUT2D eigenvalue weighted by Crippen LogP contribution is 2.11. The predicted octanol–water partition coefficient (Wildman–Crippen LogP) is 2.73. The van der Waals surface area contributed by atoms with Crippen LogP contribution in [0, 0.1) is 19.8 Å². The minimum Gasteiger partial charge on any atom is -0.356 e. The van der Waals surface area contributed by atoms with Gasteiger partial charge < -0.3 is 11.1 Å². The summed E-state index contributed by atoms with van der Waals surface area (Å²) in [7, 11) is 0. The van der Waals surface area contributed by atoms with Crippen LogP contribution >= 0.6 is 0 Å². The first-order valence-corrected chi connectivity index (χ1v) is 7.59. The molecule has 0 fully saturated rings. The average Bonchev–Trinajstić information content (AvgIpc) is 2.41. The fourth-order valence-electron chi connectivity index (χ4n) is 2.41. The number of nitrogens with one attached hydrogen (secondary N) is 1. The molecule has 0 heterocycles. The lowest BCUT2D eigenvalue weighted by molar-refractivity contribution is -0.120. The molecular weight excluding hydrogens is 248 g/mol. The molecule has 0 saturated carbocycles. The number of hydrogen-bond acceptors (Lipinski definition) is 2. The second-order valence-electron chi connectivity index (χ2n) is 5.63. The van der Waals surface area contributed by atoms with Crippen LogP contribution in [0.1, 0.15) is 42.9 Å². The van der Waals surface area contributed by atoms with E-state index < -0.39 is 0 Å². The quantitative estimate of drug-likeness (QED) is 0.767. The Morgan fingerprint density at radius 3 is 2.60 bits per heavy atom. The van der Waals surface area contributed by atoms with E-state index in [2.05, 4.69) is 38.2 Å². The Labute approximate surface area is 122 Å². The van der Waals surface area contributed by atoms with Crippen LogP contribution in [-0.4, -0.2) is 19.0 Å². The van der Waals surface area contributed by atoms with Crippen molar-refractivity contribution >= 4 is 5.91 Å². The zero-order chi connectivity index (χ0) is 15.0. The van der Waals surface area contributed by atoms with E-state index in [0.717, 1.165) is 31.4 Å². The predicted molar refractivity (Wildman–Crippen MR) is 84.7 cm³/mol. The topological polar surface area (TPSA) is 55.1 Å². The third kappa shape index (κ3) is 5.74. The summed E-state index contributed by atoms with van der Waals surface area (Å²) in [5.41, 5.74) is 9.19. The first kappa shape index (κ1) is 16.7. The van der Waals surface area contributed by atoms with Crippen molar-refractivity contribution in [2.45, 2.75) is 46.5 Å². The van der Waals surface area contributed by atoms with Crippen molar-refractivity contribution in [2.75, 3.05) is 13.1 Å². The van der Waals surface area contributed by atoms with Crippen molar-refractivity contribution in [3.05, 3.63) is 34.9 Å². The van der Waals surface area contributed by atoms with Gasteiger partial charge >= 0.3 is 0 Å². The van der Waals surface area contributed by atoms with Gasteiger partial charge in [0.15, 0.2) is 0 Å². The van der Waals surface area contributed by atoms with E-state index in [9.17, 15) is 4.79 Å². The third-order valence-electron chi connectivity index (χ3n) is 3.80. The summed E-state index contributed by atoms with van der Waals surface area (Å²) >= 11 is 0. The van der Waals surface area contributed by atoms with E-state index in [0.29, 0.717) is 18.9 Å². The van der Waals surface area contributed by atoms with Crippen molar-refractivity contribution in [3.63, 3.8) is 0 Å². The zero-order valence-electron chi connectivity index (χ0n) is 13.0. The number of carbonyl (C=O) groups excluding carboxylic acids is 1. The zero-order valence-corrected chi connectivity index (χ0v) is 13.0. The lowest BCUT2D eigenvalue weighted by Gasteiger charge is -2.16. The molecule has 0 radical (unpaired) electrons.